The van der Waals surface area contributed by atoms with E-state index in [0.29, 0.717) is 19.4 Å². The molecule has 0 aromatic rings. The standard InChI is InChI=1S/C50H99NO5/c1-8-11-14-17-20-23-27-36-47(53)55-45-50(6,7)39-28-24-30-41-51(43-32-33-44-52)42-31-29-38-49(4,5)40-37-48(54)56-46(34-25-21-18-15-12-9-2)35-26-22-19-16-13-10-3/h46,52H,8-45H2,1-7H3. The summed E-state index contributed by atoms with van der Waals surface area (Å²) in [7, 11) is 0. The molecule has 0 aromatic heterocycles. The Bertz CT molecular complexity index is 858. The zero-order valence-electron chi connectivity index (χ0n) is 39.0. The van der Waals surface area contributed by atoms with Crippen molar-refractivity contribution in [2.24, 2.45) is 10.8 Å². The molecule has 0 aliphatic carbocycles. The van der Waals surface area contributed by atoms with E-state index in [1.165, 1.54) is 135 Å². The number of ether oxygens (including phenoxy) is 2. The second-order valence-corrected chi connectivity index (χ2v) is 19.1. The Kier molecular flexibility index (Phi) is 37.3. The van der Waals surface area contributed by atoms with Crippen LogP contribution in [0.25, 0.3) is 0 Å². The molecule has 0 rings (SSSR count). The molecular formula is C50H99NO5. The SMILES string of the molecule is CCCCCCCCCC(=O)OCC(C)(C)CCCCCN(CCCCO)CCCCC(C)(C)CCC(=O)OC(CCCCCCCC)CCCCCCCC. The minimum Gasteiger partial charge on any atom is -0.465 e. The lowest BCUT2D eigenvalue weighted by Gasteiger charge is -2.27. The molecule has 0 heterocycles. The summed E-state index contributed by atoms with van der Waals surface area (Å²) in [5.41, 5.74) is 0.146. The Hall–Kier alpha value is -1.14. The number of carbonyl (C=O) groups is 2. The molecule has 0 atom stereocenters. The Morgan fingerprint density at radius 3 is 1.45 bits per heavy atom. The zero-order valence-corrected chi connectivity index (χ0v) is 39.0. The van der Waals surface area contributed by atoms with Crippen LogP contribution in [0.1, 0.15) is 260 Å². The van der Waals surface area contributed by atoms with Gasteiger partial charge in [-0.15, -0.1) is 0 Å². The monoisotopic (exact) mass is 794 g/mol. The number of hydrogen-bond acceptors (Lipinski definition) is 6. The number of aliphatic hydroxyl groups is 1. The van der Waals surface area contributed by atoms with Gasteiger partial charge in [-0.3, -0.25) is 9.59 Å². The molecule has 0 aromatic carbocycles. The third-order valence-corrected chi connectivity index (χ3v) is 12.0. The number of rotatable bonds is 43. The van der Waals surface area contributed by atoms with Gasteiger partial charge in [0.2, 0.25) is 0 Å². The van der Waals surface area contributed by atoms with Crippen molar-refractivity contribution in [1.82, 2.24) is 4.90 Å². The van der Waals surface area contributed by atoms with E-state index < -0.39 is 0 Å². The van der Waals surface area contributed by atoms with E-state index in [1.807, 2.05) is 0 Å². The highest BCUT2D eigenvalue weighted by Gasteiger charge is 2.22. The molecular weight excluding hydrogens is 695 g/mol. The van der Waals surface area contributed by atoms with Crippen LogP contribution in [0.4, 0.5) is 0 Å². The lowest BCUT2D eigenvalue weighted by atomic mass is 9.82. The van der Waals surface area contributed by atoms with Gasteiger partial charge in [-0.25, -0.2) is 0 Å². The van der Waals surface area contributed by atoms with Crippen LogP contribution in [0, 0.1) is 10.8 Å². The van der Waals surface area contributed by atoms with Gasteiger partial charge in [-0.1, -0.05) is 170 Å². The maximum atomic E-state index is 13.1. The Morgan fingerprint density at radius 2 is 0.911 bits per heavy atom. The molecule has 0 saturated heterocycles. The fourth-order valence-corrected chi connectivity index (χ4v) is 7.86. The fraction of sp³-hybridized carbons (Fsp3) is 0.960. The predicted molar refractivity (Wildman–Crippen MR) is 241 cm³/mol. The Balaban J connectivity index is 4.50. The number of aliphatic hydroxyl groups excluding tert-OH is 1. The summed E-state index contributed by atoms with van der Waals surface area (Å²) < 4.78 is 11.8. The average molecular weight is 794 g/mol. The Morgan fingerprint density at radius 1 is 0.482 bits per heavy atom. The van der Waals surface area contributed by atoms with E-state index in [-0.39, 0.29) is 35.5 Å². The third-order valence-electron chi connectivity index (χ3n) is 12.0. The number of unbranched alkanes of at least 4 members (excludes halogenated alkanes) is 20. The van der Waals surface area contributed by atoms with Gasteiger partial charge in [-0.05, 0) is 108 Å². The van der Waals surface area contributed by atoms with Gasteiger partial charge < -0.3 is 19.5 Å². The lowest BCUT2D eigenvalue weighted by Crippen LogP contribution is -2.28. The Labute approximate surface area is 350 Å². The van der Waals surface area contributed by atoms with Crippen LogP contribution in [-0.2, 0) is 19.1 Å². The van der Waals surface area contributed by atoms with Crippen LogP contribution < -0.4 is 0 Å². The molecule has 0 saturated carbocycles. The molecule has 0 aliphatic rings. The first-order valence-corrected chi connectivity index (χ1v) is 24.7. The van der Waals surface area contributed by atoms with E-state index in [0.717, 1.165) is 83.8 Å². The van der Waals surface area contributed by atoms with Crippen molar-refractivity contribution in [2.45, 2.75) is 266 Å². The number of carbonyl (C=O) groups excluding carboxylic acids is 2. The maximum absolute atomic E-state index is 13.1. The molecule has 0 unspecified atom stereocenters. The van der Waals surface area contributed by atoms with E-state index in [1.54, 1.807) is 0 Å². The van der Waals surface area contributed by atoms with Crippen molar-refractivity contribution < 1.29 is 24.2 Å². The molecule has 0 bridgehead atoms. The molecule has 334 valence electrons. The van der Waals surface area contributed by atoms with Gasteiger partial charge in [-0.2, -0.15) is 0 Å². The smallest absolute Gasteiger partial charge is 0.306 e. The summed E-state index contributed by atoms with van der Waals surface area (Å²) in [4.78, 5) is 28.0. The van der Waals surface area contributed by atoms with Crippen molar-refractivity contribution >= 4 is 11.9 Å². The summed E-state index contributed by atoms with van der Waals surface area (Å²) >= 11 is 0. The molecule has 1 N–H and O–H groups in total. The molecule has 0 fully saturated rings. The first-order valence-electron chi connectivity index (χ1n) is 24.7. The van der Waals surface area contributed by atoms with Crippen molar-refractivity contribution in [3.05, 3.63) is 0 Å². The van der Waals surface area contributed by atoms with E-state index in [2.05, 4.69) is 53.4 Å². The fourth-order valence-electron chi connectivity index (χ4n) is 7.86. The number of hydrogen-bond donors (Lipinski definition) is 1. The normalized spacial score (nSPS) is 12.2. The zero-order chi connectivity index (χ0) is 41.6. The molecule has 6 nitrogen and oxygen atoms in total. The predicted octanol–water partition coefficient (Wildman–Crippen LogP) is 14.7. The third kappa shape index (κ3) is 37.2. The highest BCUT2D eigenvalue weighted by molar-refractivity contribution is 5.69. The maximum Gasteiger partial charge on any atom is 0.306 e. The number of esters is 2. The van der Waals surface area contributed by atoms with E-state index in [9.17, 15) is 14.7 Å². The minimum absolute atomic E-state index is 0.0123. The van der Waals surface area contributed by atoms with Gasteiger partial charge in [0.15, 0.2) is 0 Å². The molecule has 0 radical (unpaired) electrons. The van der Waals surface area contributed by atoms with Crippen molar-refractivity contribution in [1.29, 1.82) is 0 Å². The summed E-state index contributed by atoms with van der Waals surface area (Å²) in [6.45, 7) is 19.9. The van der Waals surface area contributed by atoms with Crippen LogP contribution in [0.2, 0.25) is 0 Å². The van der Waals surface area contributed by atoms with Crippen molar-refractivity contribution in [3.8, 4) is 0 Å². The van der Waals surface area contributed by atoms with Gasteiger partial charge >= 0.3 is 11.9 Å². The minimum atomic E-state index is -0.0302. The van der Waals surface area contributed by atoms with Crippen molar-refractivity contribution in [3.63, 3.8) is 0 Å². The average Bonchev–Trinajstić information content (AvgIpc) is 3.16. The summed E-state index contributed by atoms with van der Waals surface area (Å²) in [5.74, 6) is -0.0179. The highest BCUT2D eigenvalue weighted by Crippen LogP contribution is 2.30. The first-order chi connectivity index (χ1) is 27.0. The molecule has 56 heavy (non-hydrogen) atoms. The lowest BCUT2D eigenvalue weighted by molar-refractivity contribution is -0.150. The van der Waals surface area contributed by atoms with E-state index in [4.69, 9.17) is 9.47 Å². The van der Waals surface area contributed by atoms with Crippen LogP contribution in [0.5, 0.6) is 0 Å². The second-order valence-electron chi connectivity index (χ2n) is 19.1. The second kappa shape index (κ2) is 38.1. The van der Waals surface area contributed by atoms with Gasteiger partial charge in [0.25, 0.3) is 0 Å². The van der Waals surface area contributed by atoms with E-state index >= 15 is 0 Å². The first kappa shape index (κ1) is 54.9. The highest BCUT2D eigenvalue weighted by atomic mass is 16.5. The summed E-state index contributed by atoms with van der Waals surface area (Å²) in [5, 5.41) is 9.38. The summed E-state index contributed by atoms with van der Waals surface area (Å²) in [6.07, 6.45) is 38.0. The number of nitrogens with zero attached hydrogens (tertiary/aromatic N) is 1. The van der Waals surface area contributed by atoms with Gasteiger partial charge in [0.05, 0.1) is 6.61 Å². The van der Waals surface area contributed by atoms with Gasteiger partial charge in [0.1, 0.15) is 6.10 Å². The quantitative estimate of drug-likeness (QED) is 0.0489. The molecule has 0 amide bonds. The van der Waals surface area contributed by atoms with Crippen LogP contribution in [0.3, 0.4) is 0 Å². The van der Waals surface area contributed by atoms with Crippen LogP contribution >= 0.6 is 0 Å². The van der Waals surface area contributed by atoms with Crippen molar-refractivity contribution in [2.75, 3.05) is 32.8 Å². The molecule has 0 aliphatic heterocycles. The van der Waals surface area contributed by atoms with Gasteiger partial charge in [0, 0.05) is 19.4 Å². The molecule has 0 spiro atoms. The largest absolute Gasteiger partial charge is 0.465 e. The topological polar surface area (TPSA) is 76.1 Å². The molecule has 6 heteroatoms. The van der Waals surface area contributed by atoms with Crippen LogP contribution in [-0.4, -0.2) is 60.9 Å². The summed E-state index contributed by atoms with van der Waals surface area (Å²) in [6, 6.07) is 0. The van der Waals surface area contributed by atoms with Crippen LogP contribution in [0.15, 0.2) is 0 Å².